The van der Waals surface area contributed by atoms with E-state index in [1.54, 1.807) is 0 Å². The number of rotatable bonds is 14. The van der Waals surface area contributed by atoms with Crippen LogP contribution < -0.4 is 30.0 Å². The topological polar surface area (TPSA) is 13.0 Å². The minimum atomic E-state index is -1.50. The van der Waals surface area contributed by atoms with Gasteiger partial charge in [0.1, 0.15) is 0 Å². The third-order valence-corrected chi connectivity index (χ3v) is 28.3. The van der Waals surface area contributed by atoms with Crippen LogP contribution >= 0.6 is 34.0 Å². The van der Waals surface area contributed by atoms with Gasteiger partial charge in [-0.3, -0.25) is 0 Å². The third-order valence-electron chi connectivity index (χ3n) is 20.5. The molecule has 0 aliphatic rings. The van der Waals surface area contributed by atoms with E-state index in [1.807, 2.05) is 34.0 Å². The Bertz CT molecular complexity index is 6190. The van der Waals surface area contributed by atoms with Gasteiger partial charge >= 0.3 is 0 Å². The van der Waals surface area contributed by atoms with Crippen LogP contribution in [0.5, 0.6) is 0 Å². The monoisotopic (exact) mass is 1440 g/mol. The second-order valence-electron chi connectivity index (χ2n) is 29.2. The van der Waals surface area contributed by atoms with Crippen LogP contribution in [0.25, 0.3) is 92.8 Å². The summed E-state index contributed by atoms with van der Waals surface area (Å²) in [7, 11) is -3.00. The number of benzene rings is 16. The molecule has 16 aromatic carbocycles. The lowest BCUT2D eigenvalue weighted by molar-refractivity contribution is 1.29. The molecule has 0 aliphatic carbocycles. The number of hydrogen-bond acceptors (Lipinski definition) is 7. The van der Waals surface area contributed by atoms with Crippen LogP contribution in [0.1, 0.15) is 0 Å². The summed E-state index contributed by atoms with van der Waals surface area (Å²) in [5.41, 5.74) is 13.8. The number of nitrogens with zero attached hydrogens (tertiary/aromatic N) is 4. The molecule has 0 amide bonds. The van der Waals surface area contributed by atoms with Crippen molar-refractivity contribution in [3.8, 4) is 0 Å². The van der Waals surface area contributed by atoms with Gasteiger partial charge in [-0.25, -0.2) is 0 Å². The van der Waals surface area contributed by atoms with Crippen molar-refractivity contribution in [1.82, 2.24) is 0 Å². The summed E-state index contributed by atoms with van der Waals surface area (Å²) < 4.78 is 7.84. The Morgan fingerprint density at radius 1 is 0.200 bits per heavy atom. The Kier molecular flexibility index (Phi) is 16.9. The lowest BCUT2D eigenvalue weighted by Gasteiger charge is -2.30. The molecule has 0 unspecified atom stereocenters. The van der Waals surface area contributed by atoms with E-state index in [0.717, 1.165) is 51.2 Å². The van der Waals surface area contributed by atoms with Gasteiger partial charge in [0.2, 0.25) is 0 Å². The first-order chi connectivity index (χ1) is 51.4. The molecule has 0 saturated heterocycles. The van der Waals surface area contributed by atoms with Crippen molar-refractivity contribution in [1.29, 1.82) is 0 Å². The molecule has 506 valence electrons. The summed E-state index contributed by atoms with van der Waals surface area (Å²) in [4.78, 5) is 9.77. The maximum Gasteiger partial charge on any atom is 0.0775 e. The average molecular weight is 1440 g/mol. The highest BCUT2D eigenvalue weighted by molar-refractivity contribution is 7.28. The van der Waals surface area contributed by atoms with Crippen molar-refractivity contribution in [3.05, 3.63) is 352 Å². The van der Waals surface area contributed by atoms with Crippen molar-refractivity contribution in [2.75, 3.05) is 19.6 Å². The van der Waals surface area contributed by atoms with Crippen molar-refractivity contribution in [2.24, 2.45) is 0 Å². The van der Waals surface area contributed by atoms with Crippen molar-refractivity contribution < 1.29 is 0 Å². The molecule has 19 aromatic rings. The molecule has 105 heavy (non-hydrogen) atoms. The van der Waals surface area contributed by atoms with Crippen LogP contribution in [-0.2, 0) is 0 Å². The number of anilines is 12. The molecular formula is C96H76N4S3Si2. The van der Waals surface area contributed by atoms with Crippen molar-refractivity contribution in [2.45, 2.75) is 39.3 Å². The van der Waals surface area contributed by atoms with Gasteiger partial charge in [-0.2, -0.15) is 0 Å². The molecule has 9 heteroatoms. The highest BCUT2D eigenvalue weighted by Gasteiger charge is 2.29. The Hall–Kier alpha value is -11.4. The fraction of sp³-hybridized carbons (Fsp3) is 0.0625. The van der Waals surface area contributed by atoms with E-state index in [2.05, 4.69) is 411 Å². The van der Waals surface area contributed by atoms with Crippen LogP contribution in [-0.4, -0.2) is 16.1 Å². The fourth-order valence-electron chi connectivity index (χ4n) is 15.3. The van der Waals surface area contributed by atoms with Crippen molar-refractivity contribution >= 4 is 222 Å². The first-order valence-electron chi connectivity index (χ1n) is 36.1. The summed E-state index contributed by atoms with van der Waals surface area (Å²) in [5.74, 6) is 0. The van der Waals surface area contributed by atoms with Gasteiger partial charge in [0, 0.05) is 122 Å². The van der Waals surface area contributed by atoms with E-state index in [9.17, 15) is 0 Å². The smallest absolute Gasteiger partial charge is 0.0775 e. The van der Waals surface area contributed by atoms with E-state index in [-0.39, 0.29) is 0 Å². The molecule has 0 aliphatic heterocycles. The summed E-state index contributed by atoms with van der Waals surface area (Å²) in [6.45, 7) is 14.5. The van der Waals surface area contributed by atoms with Crippen LogP contribution in [0.4, 0.5) is 68.2 Å². The minimum Gasteiger partial charge on any atom is -0.310 e. The molecule has 0 radical (unpaired) electrons. The van der Waals surface area contributed by atoms with E-state index >= 15 is 0 Å². The van der Waals surface area contributed by atoms with Crippen molar-refractivity contribution in [3.63, 3.8) is 0 Å². The van der Waals surface area contributed by atoms with Gasteiger partial charge in [0.15, 0.2) is 0 Å². The molecule has 0 spiro atoms. The lowest BCUT2D eigenvalue weighted by atomic mass is 9.98. The molecule has 0 N–H and O–H groups in total. The highest BCUT2D eigenvalue weighted by atomic mass is 32.1. The standard InChI is InChI=1S/C50H46N2SSi2.C46H30N2S2/c1-54(2,3)41-29-25-39(26-30-41)51(37-19-9-7-10-20-37)45-33-35-17-13-15-23-43(35)49-47(45)48-46(34-36-18-14-16-24-44(36)50(48)53-49)52(38-21-11-8-12-22-38)40-27-31-42(32-28-40)55(4,5)6;1-4-14-31(15-5-1)47(32-16-6-2-7-17-32)34-24-27-45-40(28-34)41-30-42(36-20-10-11-22-38(36)46(41)50-45)48(33-18-8-3-9-19-33)35-25-26-44-39(29-35)37-21-12-13-23-43(37)49-44/h7-34H,1-6H3;1-30H. The van der Waals surface area contributed by atoms with Crippen LogP contribution in [0, 0.1) is 0 Å². The first-order valence-corrected chi connectivity index (χ1v) is 45.6. The van der Waals surface area contributed by atoms with Gasteiger partial charge in [0.25, 0.3) is 0 Å². The number of para-hydroxylation sites is 5. The van der Waals surface area contributed by atoms with E-state index in [4.69, 9.17) is 0 Å². The first kappa shape index (κ1) is 65.6. The highest BCUT2D eigenvalue weighted by Crippen LogP contribution is 2.55. The zero-order valence-corrected chi connectivity index (χ0v) is 63.9. The maximum absolute atomic E-state index is 2.49. The summed E-state index contributed by atoms with van der Waals surface area (Å²) in [5, 5.41) is 18.2. The zero-order valence-electron chi connectivity index (χ0n) is 59.5. The largest absolute Gasteiger partial charge is 0.310 e. The van der Waals surface area contributed by atoms with E-state index < -0.39 is 16.1 Å². The summed E-state index contributed by atoms with van der Waals surface area (Å²) in [6.07, 6.45) is 0. The minimum absolute atomic E-state index is 1.13. The van der Waals surface area contributed by atoms with E-state index in [1.165, 1.54) is 120 Å². The number of thiophene rings is 3. The maximum atomic E-state index is 2.49. The fourth-order valence-corrected chi connectivity index (χ4v) is 21.4. The molecule has 3 heterocycles. The zero-order chi connectivity index (χ0) is 70.9. The lowest BCUT2D eigenvalue weighted by Crippen LogP contribution is -2.37. The molecule has 0 atom stereocenters. The average Bonchev–Trinajstić information content (AvgIpc) is 1.57. The quantitative estimate of drug-likeness (QED) is 0.101. The van der Waals surface area contributed by atoms with Gasteiger partial charge < -0.3 is 19.6 Å². The molecule has 19 rings (SSSR count). The second-order valence-corrected chi connectivity index (χ2v) is 42.5. The molecule has 0 bridgehead atoms. The Morgan fingerprint density at radius 2 is 0.524 bits per heavy atom. The van der Waals surface area contributed by atoms with Crippen LogP contribution in [0.2, 0.25) is 39.3 Å². The Morgan fingerprint density at radius 3 is 0.971 bits per heavy atom. The Labute approximate surface area is 627 Å². The summed E-state index contributed by atoms with van der Waals surface area (Å²) >= 11 is 5.68. The van der Waals surface area contributed by atoms with Crippen LogP contribution in [0.3, 0.4) is 0 Å². The second kappa shape index (κ2) is 27.0. The molecule has 3 aromatic heterocycles. The van der Waals surface area contributed by atoms with Gasteiger partial charge in [-0.05, 0) is 167 Å². The predicted molar refractivity (Wildman–Crippen MR) is 469 cm³/mol. The molecular weight excluding hydrogens is 1360 g/mol. The van der Waals surface area contributed by atoms with Gasteiger partial charge in [-0.15, -0.1) is 34.0 Å². The molecule has 0 saturated carbocycles. The number of fused-ring (bicyclic) bond motifs is 15. The Balaban J connectivity index is 0.000000150. The van der Waals surface area contributed by atoms with E-state index in [0.29, 0.717) is 0 Å². The van der Waals surface area contributed by atoms with Crippen LogP contribution in [0.15, 0.2) is 352 Å². The molecule has 4 nitrogen and oxygen atoms in total. The van der Waals surface area contributed by atoms with Gasteiger partial charge in [-0.1, -0.05) is 256 Å². The SMILES string of the molecule is C[Si](C)(C)c1ccc(N(c2ccccc2)c2cc3ccccc3c3sc4c5ccccc5cc(N(c5ccccc5)c5ccc([Si](C)(C)C)cc5)c4c23)cc1.c1ccc(N(c2ccccc2)c2ccc3sc4c5ccccc5c(N(c5ccccc5)c5ccc6sc7ccccc7c6c5)cc4c3c2)cc1. The predicted octanol–water partition coefficient (Wildman–Crippen LogP) is 28.9. The number of hydrogen-bond donors (Lipinski definition) is 0. The van der Waals surface area contributed by atoms with Gasteiger partial charge in [0.05, 0.1) is 33.2 Å². The normalized spacial score (nSPS) is 11.9. The third kappa shape index (κ3) is 12.1. The molecule has 0 fully saturated rings. The summed E-state index contributed by atoms with van der Waals surface area (Å²) in [6, 6.07) is 129.